The molecule has 0 saturated carbocycles. The lowest BCUT2D eigenvalue weighted by Gasteiger charge is -2.43. The topological polar surface area (TPSA) is 35.5 Å². The third-order valence-corrected chi connectivity index (χ3v) is 6.73. The van der Waals surface area contributed by atoms with E-state index in [9.17, 15) is 4.79 Å². The number of Topliss-reactive ketones (excluding diaryl/α,β-unsaturated/α-hetero) is 1. The summed E-state index contributed by atoms with van der Waals surface area (Å²) in [4.78, 5) is 13.7. The zero-order valence-electron chi connectivity index (χ0n) is 16.1. The van der Waals surface area contributed by atoms with E-state index in [0.29, 0.717) is 5.78 Å². The van der Waals surface area contributed by atoms with E-state index in [1.54, 1.807) is 7.11 Å². The van der Waals surface area contributed by atoms with Gasteiger partial charge in [0.15, 0.2) is 5.78 Å². The number of carbonyl (C=O) groups excluding carboxylic acids is 1. The van der Waals surface area contributed by atoms with Crippen LogP contribution in [0, 0.1) is 11.3 Å². The molecule has 0 radical (unpaired) electrons. The smallest absolute Gasteiger partial charge is 0.170 e. The lowest BCUT2D eigenvalue weighted by Crippen LogP contribution is -2.42. The minimum Gasteiger partial charge on any atom is -0.497 e. The Bertz CT molecular complexity index is 703. The molecule has 0 N–H and O–H groups in total. The predicted octanol–water partition coefficient (Wildman–Crippen LogP) is 5.34. The van der Waals surface area contributed by atoms with Gasteiger partial charge in [-0.2, -0.15) is 0 Å². The zero-order chi connectivity index (χ0) is 18.1. The summed E-state index contributed by atoms with van der Waals surface area (Å²) in [5.74, 6) is 1.10. The number of unbranched alkanes of at least 4 members (excludes halogenated alkanes) is 1. The van der Waals surface area contributed by atoms with Gasteiger partial charge in [0, 0.05) is 11.0 Å². The van der Waals surface area contributed by atoms with E-state index in [0.717, 1.165) is 43.6 Å². The van der Waals surface area contributed by atoms with Crippen molar-refractivity contribution in [2.24, 2.45) is 11.3 Å². The summed E-state index contributed by atoms with van der Waals surface area (Å²) in [6.45, 7) is 2.98. The summed E-state index contributed by atoms with van der Waals surface area (Å²) in [7, 11) is 1.66. The van der Waals surface area contributed by atoms with Crippen molar-refractivity contribution < 1.29 is 14.3 Å². The molecule has 0 unspecified atom stereocenters. The predicted molar refractivity (Wildman–Crippen MR) is 103 cm³/mol. The summed E-state index contributed by atoms with van der Waals surface area (Å²) in [6, 6.07) is 7.66. The first kappa shape index (κ1) is 17.8. The van der Waals surface area contributed by atoms with E-state index in [-0.39, 0.29) is 17.4 Å². The number of hydrogen-bond acceptors (Lipinski definition) is 3. The molecule has 4 rings (SSSR count). The average Bonchev–Trinajstić information content (AvgIpc) is 3.07. The van der Waals surface area contributed by atoms with Gasteiger partial charge in [-0.15, -0.1) is 0 Å². The molecule has 2 bridgehead atoms. The summed E-state index contributed by atoms with van der Waals surface area (Å²) >= 11 is 0. The van der Waals surface area contributed by atoms with Crippen LogP contribution in [-0.2, 0) is 4.74 Å². The van der Waals surface area contributed by atoms with Gasteiger partial charge in [-0.1, -0.05) is 25.3 Å². The highest BCUT2D eigenvalue weighted by molar-refractivity contribution is 6.00. The van der Waals surface area contributed by atoms with Crippen LogP contribution in [0.2, 0.25) is 0 Å². The Kier molecular flexibility index (Phi) is 4.92. The van der Waals surface area contributed by atoms with Crippen LogP contribution in [-0.4, -0.2) is 25.6 Å². The number of allylic oxidation sites excluding steroid dienone is 1. The van der Waals surface area contributed by atoms with Crippen LogP contribution in [0.3, 0.4) is 0 Å². The van der Waals surface area contributed by atoms with Gasteiger partial charge in [-0.05, 0) is 68.4 Å². The largest absolute Gasteiger partial charge is 0.497 e. The second-order valence-electron chi connectivity index (χ2n) is 8.25. The number of benzene rings is 1. The number of hydrogen-bond donors (Lipinski definition) is 0. The lowest BCUT2D eigenvalue weighted by molar-refractivity contribution is 0.0706. The molecule has 1 aromatic rings. The Hall–Kier alpha value is -1.61. The number of carbonyl (C=O) groups is 1. The molecular weight excluding hydrogens is 324 g/mol. The molecule has 26 heavy (non-hydrogen) atoms. The summed E-state index contributed by atoms with van der Waals surface area (Å²) in [6.07, 6.45) is 9.41. The van der Waals surface area contributed by atoms with Crippen LogP contribution < -0.4 is 4.74 Å². The first-order valence-electron chi connectivity index (χ1n) is 10.2. The standard InChI is InChI=1S/C23H30O3/c1-3-4-13-23-14-20(26-15-23)18-7-5-6-8-19(18)21(23)22(24)16-9-11-17(25-2)12-10-16/h9-12,20-21H,3-8,13-15H2,1-2H3/t20-,21-,23-/m1/s1. The first-order valence-corrected chi connectivity index (χ1v) is 10.2. The SMILES string of the molecule is CCCC[C@]12CO[C@H](C1)C1=C(CCCC1)[C@@H]2C(=O)c1ccc(OC)cc1. The maximum atomic E-state index is 13.7. The highest BCUT2D eigenvalue weighted by Crippen LogP contribution is 2.56. The molecule has 140 valence electrons. The lowest BCUT2D eigenvalue weighted by atomic mass is 9.58. The molecule has 3 nitrogen and oxygen atoms in total. The molecule has 0 aromatic heterocycles. The molecule has 1 aromatic carbocycles. The van der Waals surface area contributed by atoms with Gasteiger partial charge in [0.25, 0.3) is 0 Å². The molecule has 1 aliphatic heterocycles. The fourth-order valence-corrected chi connectivity index (χ4v) is 5.40. The van der Waals surface area contributed by atoms with Crippen molar-refractivity contribution >= 4 is 5.78 Å². The number of fused-ring (bicyclic) bond motifs is 3. The van der Waals surface area contributed by atoms with E-state index in [4.69, 9.17) is 9.47 Å². The van der Waals surface area contributed by atoms with Gasteiger partial charge in [-0.3, -0.25) is 4.79 Å². The van der Waals surface area contributed by atoms with Crippen LogP contribution in [0.4, 0.5) is 0 Å². The Morgan fingerprint density at radius 1 is 1.19 bits per heavy atom. The van der Waals surface area contributed by atoms with Crippen molar-refractivity contribution in [3.05, 3.63) is 41.0 Å². The van der Waals surface area contributed by atoms with Gasteiger partial charge in [0.1, 0.15) is 5.75 Å². The number of ether oxygens (including phenoxy) is 2. The van der Waals surface area contributed by atoms with Crippen LogP contribution in [0.15, 0.2) is 35.4 Å². The molecule has 1 fully saturated rings. The first-order chi connectivity index (χ1) is 12.7. The Balaban J connectivity index is 1.73. The van der Waals surface area contributed by atoms with E-state index in [1.807, 2.05) is 24.3 Å². The Morgan fingerprint density at radius 2 is 1.92 bits per heavy atom. The summed E-state index contributed by atoms with van der Waals surface area (Å²) < 4.78 is 11.5. The summed E-state index contributed by atoms with van der Waals surface area (Å²) in [5.41, 5.74) is 3.72. The van der Waals surface area contributed by atoms with E-state index in [1.165, 1.54) is 36.8 Å². The van der Waals surface area contributed by atoms with E-state index in [2.05, 4.69) is 6.92 Å². The van der Waals surface area contributed by atoms with Crippen molar-refractivity contribution in [1.82, 2.24) is 0 Å². The number of methoxy groups -OCH3 is 1. The minimum absolute atomic E-state index is 0.00780. The van der Waals surface area contributed by atoms with E-state index < -0.39 is 0 Å². The van der Waals surface area contributed by atoms with Crippen LogP contribution in [0.1, 0.15) is 68.6 Å². The molecule has 3 heteroatoms. The van der Waals surface area contributed by atoms with Crippen molar-refractivity contribution in [3.63, 3.8) is 0 Å². The quantitative estimate of drug-likeness (QED) is 0.511. The van der Waals surface area contributed by atoms with Crippen molar-refractivity contribution in [2.45, 2.75) is 64.4 Å². The molecule has 0 amide bonds. The fourth-order valence-electron chi connectivity index (χ4n) is 5.40. The Morgan fingerprint density at radius 3 is 2.62 bits per heavy atom. The molecule has 1 heterocycles. The van der Waals surface area contributed by atoms with Gasteiger partial charge < -0.3 is 9.47 Å². The van der Waals surface area contributed by atoms with Gasteiger partial charge in [0.2, 0.25) is 0 Å². The third-order valence-electron chi connectivity index (χ3n) is 6.73. The van der Waals surface area contributed by atoms with Crippen molar-refractivity contribution in [2.75, 3.05) is 13.7 Å². The van der Waals surface area contributed by atoms with Crippen LogP contribution in [0.25, 0.3) is 0 Å². The molecule has 3 atom stereocenters. The highest BCUT2D eigenvalue weighted by atomic mass is 16.5. The second-order valence-corrected chi connectivity index (χ2v) is 8.25. The normalized spacial score (nSPS) is 30.2. The molecule has 0 spiro atoms. The highest BCUT2D eigenvalue weighted by Gasteiger charge is 2.55. The molecule has 2 aliphatic carbocycles. The van der Waals surface area contributed by atoms with E-state index >= 15 is 0 Å². The van der Waals surface area contributed by atoms with Gasteiger partial charge in [-0.25, -0.2) is 0 Å². The maximum Gasteiger partial charge on any atom is 0.170 e. The van der Waals surface area contributed by atoms with Crippen LogP contribution >= 0.6 is 0 Å². The Labute approximate surface area is 156 Å². The van der Waals surface area contributed by atoms with Crippen molar-refractivity contribution in [3.8, 4) is 5.75 Å². The van der Waals surface area contributed by atoms with Gasteiger partial charge in [0.05, 0.1) is 25.7 Å². The number of rotatable bonds is 6. The maximum absolute atomic E-state index is 13.7. The van der Waals surface area contributed by atoms with Gasteiger partial charge >= 0.3 is 0 Å². The molecular formula is C23H30O3. The minimum atomic E-state index is 0.00780. The second kappa shape index (κ2) is 7.19. The average molecular weight is 354 g/mol. The number of ketones is 1. The molecule has 3 aliphatic rings. The zero-order valence-corrected chi connectivity index (χ0v) is 16.1. The van der Waals surface area contributed by atoms with Crippen molar-refractivity contribution in [1.29, 1.82) is 0 Å². The molecule has 1 saturated heterocycles. The summed E-state index contributed by atoms with van der Waals surface area (Å²) in [5, 5.41) is 0. The monoisotopic (exact) mass is 354 g/mol. The fraction of sp³-hybridized carbons (Fsp3) is 0.609. The third kappa shape index (κ3) is 2.90. The van der Waals surface area contributed by atoms with Crippen LogP contribution in [0.5, 0.6) is 5.75 Å².